The van der Waals surface area contributed by atoms with Gasteiger partial charge < -0.3 is 24.7 Å². The first-order chi connectivity index (χ1) is 11.4. The highest BCUT2D eigenvalue weighted by Crippen LogP contribution is 2.26. The molecule has 1 amide bonds. The van der Waals surface area contributed by atoms with Crippen LogP contribution in [0.25, 0.3) is 0 Å². The lowest BCUT2D eigenvalue weighted by Gasteiger charge is -2.15. The lowest BCUT2D eigenvalue weighted by Crippen LogP contribution is -2.37. The van der Waals surface area contributed by atoms with Crippen LogP contribution >= 0.6 is 0 Å². The molecule has 0 aliphatic heterocycles. The summed E-state index contributed by atoms with van der Waals surface area (Å²) in [6.07, 6.45) is -1.07. The fourth-order valence-electron chi connectivity index (χ4n) is 2.05. The molecular formula is C18H18NO5-. The van der Waals surface area contributed by atoms with Gasteiger partial charge in [0.1, 0.15) is 17.6 Å². The van der Waals surface area contributed by atoms with Crippen molar-refractivity contribution in [1.82, 2.24) is 0 Å². The Morgan fingerprint density at radius 3 is 2.38 bits per heavy atom. The van der Waals surface area contributed by atoms with Crippen molar-refractivity contribution in [2.75, 3.05) is 12.4 Å². The van der Waals surface area contributed by atoms with Crippen molar-refractivity contribution < 1.29 is 24.2 Å². The lowest BCUT2D eigenvalue weighted by molar-refractivity contribution is -0.312. The van der Waals surface area contributed by atoms with E-state index >= 15 is 0 Å². The molecule has 0 aliphatic carbocycles. The first-order valence-corrected chi connectivity index (χ1v) is 7.34. The van der Waals surface area contributed by atoms with Gasteiger partial charge in [0.25, 0.3) is 5.91 Å². The Kier molecular flexibility index (Phi) is 5.42. The van der Waals surface area contributed by atoms with Crippen LogP contribution in [-0.2, 0) is 4.79 Å². The quantitative estimate of drug-likeness (QED) is 0.873. The van der Waals surface area contributed by atoms with Gasteiger partial charge in [-0.05, 0) is 55.8 Å². The molecule has 2 aromatic carbocycles. The molecule has 0 spiro atoms. The van der Waals surface area contributed by atoms with Gasteiger partial charge in [-0.3, -0.25) is 4.79 Å². The van der Waals surface area contributed by atoms with Crippen LogP contribution in [0, 0.1) is 6.92 Å². The molecule has 1 atom stereocenters. The molecule has 2 rings (SSSR count). The Bertz CT molecular complexity index is 740. The van der Waals surface area contributed by atoms with E-state index in [4.69, 9.17) is 9.47 Å². The SMILES string of the molecule is COc1ccc(C)cc1NC(=O)c1ccc(O[C@H](C)C(=O)[O-])cc1. The van der Waals surface area contributed by atoms with E-state index in [2.05, 4.69) is 5.32 Å². The summed E-state index contributed by atoms with van der Waals surface area (Å²) in [6.45, 7) is 3.29. The smallest absolute Gasteiger partial charge is 0.255 e. The van der Waals surface area contributed by atoms with Gasteiger partial charge in [0.2, 0.25) is 0 Å². The second-order valence-electron chi connectivity index (χ2n) is 5.26. The summed E-state index contributed by atoms with van der Waals surface area (Å²) in [5.41, 5.74) is 1.98. The van der Waals surface area contributed by atoms with Gasteiger partial charge in [0.05, 0.1) is 18.8 Å². The van der Waals surface area contributed by atoms with E-state index in [0.29, 0.717) is 22.7 Å². The monoisotopic (exact) mass is 328 g/mol. The van der Waals surface area contributed by atoms with Gasteiger partial charge in [-0.25, -0.2) is 0 Å². The zero-order valence-electron chi connectivity index (χ0n) is 13.7. The number of benzene rings is 2. The molecule has 0 aromatic heterocycles. The molecule has 1 N–H and O–H groups in total. The molecule has 0 unspecified atom stereocenters. The number of carboxylic acid groups (broad SMARTS) is 1. The topological polar surface area (TPSA) is 87.7 Å². The summed E-state index contributed by atoms with van der Waals surface area (Å²) in [4.78, 5) is 23.0. The molecular weight excluding hydrogens is 310 g/mol. The van der Waals surface area contributed by atoms with E-state index in [1.165, 1.54) is 26.2 Å². The standard InChI is InChI=1S/C18H19NO5/c1-11-4-9-16(23-3)15(10-11)19-17(20)13-5-7-14(8-6-13)24-12(2)18(21)22/h4-10,12H,1-3H3,(H,19,20)(H,21,22)/p-1/t12-/m1/s1. The minimum absolute atomic E-state index is 0.307. The number of carboxylic acids is 1. The molecule has 0 heterocycles. The van der Waals surface area contributed by atoms with E-state index in [1.807, 2.05) is 19.1 Å². The van der Waals surface area contributed by atoms with Crippen molar-refractivity contribution in [2.45, 2.75) is 20.0 Å². The van der Waals surface area contributed by atoms with Crippen LogP contribution in [0.1, 0.15) is 22.8 Å². The van der Waals surface area contributed by atoms with Gasteiger partial charge in [-0.1, -0.05) is 6.07 Å². The van der Waals surface area contributed by atoms with Gasteiger partial charge in [-0.2, -0.15) is 0 Å². The maximum atomic E-state index is 12.3. The maximum absolute atomic E-state index is 12.3. The molecule has 0 fully saturated rings. The highest BCUT2D eigenvalue weighted by Gasteiger charge is 2.11. The number of aryl methyl sites for hydroxylation is 1. The van der Waals surface area contributed by atoms with Crippen molar-refractivity contribution in [3.63, 3.8) is 0 Å². The highest BCUT2D eigenvalue weighted by atomic mass is 16.5. The van der Waals surface area contributed by atoms with Crippen LogP contribution in [0.3, 0.4) is 0 Å². The Balaban J connectivity index is 2.10. The fraction of sp³-hybridized carbons (Fsp3) is 0.222. The zero-order chi connectivity index (χ0) is 17.7. The van der Waals surface area contributed by atoms with Gasteiger partial charge in [-0.15, -0.1) is 0 Å². The summed E-state index contributed by atoms with van der Waals surface area (Å²) < 4.78 is 10.4. The van der Waals surface area contributed by atoms with Gasteiger partial charge in [0.15, 0.2) is 0 Å². The Morgan fingerprint density at radius 1 is 1.12 bits per heavy atom. The molecule has 6 heteroatoms. The zero-order valence-corrected chi connectivity index (χ0v) is 13.7. The third-order valence-corrected chi connectivity index (χ3v) is 3.36. The van der Waals surface area contributed by atoms with E-state index in [-0.39, 0.29) is 5.91 Å². The summed E-state index contributed by atoms with van der Waals surface area (Å²) in [6, 6.07) is 11.6. The molecule has 0 bridgehead atoms. The number of aliphatic carboxylic acids is 1. The number of rotatable bonds is 6. The van der Waals surface area contributed by atoms with Crippen molar-refractivity contribution in [1.29, 1.82) is 0 Å². The second-order valence-corrected chi connectivity index (χ2v) is 5.26. The highest BCUT2D eigenvalue weighted by molar-refractivity contribution is 6.05. The van der Waals surface area contributed by atoms with Crippen LogP contribution < -0.4 is 19.9 Å². The van der Waals surface area contributed by atoms with E-state index < -0.39 is 12.1 Å². The number of amides is 1. The first-order valence-electron chi connectivity index (χ1n) is 7.34. The molecule has 0 saturated heterocycles. The van der Waals surface area contributed by atoms with Crippen LogP contribution in [0.15, 0.2) is 42.5 Å². The van der Waals surface area contributed by atoms with E-state index in [1.54, 1.807) is 18.2 Å². The predicted molar refractivity (Wildman–Crippen MR) is 87.2 cm³/mol. The Hall–Kier alpha value is -3.02. The Morgan fingerprint density at radius 2 is 1.79 bits per heavy atom. The molecule has 0 radical (unpaired) electrons. The van der Waals surface area contributed by atoms with Crippen LogP contribution in [0.4, 0.5) is 5.69 Å². The summed E-state index contributed by atoms with van der Waals surface area (Å²) in [5, 5.41) is 13.4. The number of nitrogens with one attached hydrogen (secondary N) is 1. The summed E-state index contributed by atoms with van der Waals surface area (Å²) >= 11 is 0. The van der Waals surface area contributed by atoms with Crippen molar-refractivity contribution in [3.05, 3.63) is 53.6 Å². The number of ether oxygens (including phenoxy) is 2. The summed E-state index contributed by atoms with van der Waals surface area (Å²) in [7, 11) is 1.53. The summed E-state index contributed by atoms with van der Waals surface area (Å²) in [5.74, 6) is -0.699. The molecule has 0 aliphatic rings. The van der Waals surface area contributed by atoms with E-state index in [9.17, 15) is 14.7 Å². The lowest BCUT2D eigenvalue weighted by atomic mass is 10.1. The normalized spacial score (nSPS) is 11.5. The number of carbonyl (C=O) groups is 2. The fourth-order valence-corrected chi connectivity index (χ4v) is 2.05. The Labute approximate surface area is 140 Å². The average Bonchev–Trinajstić information content (AvgIpc) is 2.55. The predicted octanol–water partition coefficient (Wildman–Crippen LogP) is 1.77. The first kappa shape index (κ1) is 17.3. The molecule has 24 heavy (non-hydrogen) atoms. The third-order valence-electron chi connectivity index (χ3n) is 3.36. The number of methoxy groups -OCH3 is 1. The molecule has 6 nitrogen and oxygen atoms in total. The van der Waals surface area contributed by atoms with Crippen LogP contribution in [0.5, 0.6) is 11.5 Å². The third kappa shape index (κ3) is 4.25. The van der Waals surface area contributed by atoms with Crippen LogP contribution in [-0.4, -0.2) is 25.1 Å². The minimum Gasteiger partial charge on any atom is -0.546 e. The molecule has 126 valence electrons. The van der Waals surface area contributed by atoms with E-state index in [0.717, 1.165) is 5.56 Å². The number of carbonyl (C=O) groups excluding carboxylic acids is 2. The maximum Gasteiger partial charge on any atom is 0.255 e. The minimum atomic E-state index is -1.30. The largest absolute Gasteiger partial charge is 0.546 e. The number of hydrogen-bond donors (Lipinski definition) is 1. The van der Waals surface area contributed by atoms with Gasteiger partial charge >= 0.3 is 0 Å². The van der Waals surface area contributed by atoms with Crippen molar-refractivity contribution in [2.24, 2.45) is 0 Å². The molecule has 0 saturated carbocycles. The average molecular weight is 328 g/mol. The van der Waals surface area contributed by atoms with Crippen molar-refractivity contribution in [3.8, 4) is 11.5 Å². The number of hydrogen-bond acceptors (Lipinski definition) is 5. The molecule has 2 aromatic rings. The number of anilines is 1. The van der Waals surface area contributed by atoms with Gasteiger partial charge in [0, 0.05) is 5.56 Å². The second kappa shape index (κ2) is 7.50. The van der Waals surface area contributed by atoms with Crippen molar-refractivity contribution >= 4 is 17.6 Å². The van der Waals surface area contributed by atoms with Crippen LogP contribution in [0.2, 0.25) is 0 Å².